The molecule has 1 amide bonds. The molecule has 0 saturated heterocycles. The largest absolute Gasteiger partial charge is 0.494 e. The van der Waals surface area contributed by atoms with Gasteiger partial charge in [-0.25, -0.2) is 9.80 Å². The van der Waals surface area contributed by atoms with Crippen LogP contribution in [0.4, 0.5) is 0 Å². The van der Waals surface area contributed by atoms with Gasteiger partial charge >= 0.3 is 5.69 Å². The average Bonchev–Trinajstić information content (AvgIpc) is 3.27. The van der Waals surface area contributed by atoms with Crippen molar-refractivity contribution in [1.29, 1.82) is 0 Å². The Morgan fingerprint density at radius 2 is 2.31 bits per heavy atom. The van der Waals surface area contributed by atoms with E-state index in [9.17, 15) is 19.5 Å². The van der Waals surface area contributed by atoms with Crippen LogP contribution in [-0.2, 0) is 11.3 Å². The van der Waals surface area contributed by atoms with Crippen LogP contribution in [0.15, 0.2) is 44.9 Å². The Labute approximate surface area is 152 Å². The predicted octanol–water partition coefficient (Wildman–Crippen LogP) is 1.58. The van der Waals surface area contributed by atoms with Gasteiger partial charge in [-0.05, 0) is 11.4 Å². The molecule has 1 aliphatic rings. The van der Waals surface area contributed by atoms with Crippen LogP contribution in [0.5, 0.6) is 5.88 Å². The van der Waals surface area contributed by atoms with E-state index in [4.69, 9.17) is 0 Å². The van der Waals surface area contributed by atoms with Gasteiger partial charge in [-0.2, -0.15) is 5.10 Å². The molecule has 9 heteroatoms. The van der Waals surface area contributed by atoms with Crippen molar-refractivity contribution < 1.29 is 9.90 Å². The van der Waals surface area contributed by atoms with Gasteiger partial charge < -0.3 is 5.11 Å². The average molecular weight is 374 g/mol. The monoisotopic (exact) mass is 374 g/mol. The lowest BCUT2D eigenvalue weighted by Crippen LogP contribution is -2.33. The summed E-state index contributed by atoms with van der Waals surface area (Å²) in [5, 5.41) is 18.0. The molecule has 2 aromatic rings. The molecule has 0 bridgehead atoms. The van der Waals surface area contributed by atoms with E-state index in [-0.39, 0.29) is 42.6 Å². The maximum absolute atomic E-state index is 12.3. The number of hydrogen-bond acceptors (Lipinski definition) is 6. The zero-order chi connectivity index (χ0) is 18.8. The Balaban J connectivity index is 2.11. The molecule has 1 aliphatic heterocycles. The molecule has 26 heavy (non-hydrogen) atoms. The molecule has 0 aliphatic carbocycles. The molecule has 3 heterocycles. The maximum Gasteiger partial charge on any atom is 0.331 e. The third-order valence-electron chi connectivity index (χ3n) is 4.11. The van der Waals surface area contributed by atoms with Gasteiger partial charge in [-0.1, -0.05) is 19.1 Å². The van der Waals surface area contributed by atoms with Gasteiger partial charge in [0.1, 0.15) is 5.56 Å². The number of carbonyl (C=O) groups is 1. The number of hydrogen-bond donors (Lipinski definition) is 2. The smallest absolute Gasteiger partial charge is 0.331 e. The van der Waals surface area contributed by atoms with E-state index in [1.807, 2.05) is 17.5 Å². The molecule has 0 radical (unpaired) electrons. The number of nitrogens with one attached hydrogen (secondary N) is 1. The summed E-state index contributed by atoms with van der Waals surface area (Å²) in [6.45, 7) is 5.30. The second-order valence-corrected chi connectivity index (χ2v) is 6.71. The zero-order valence-electron chi connectivity index (χ0n) is 14.1. The van der Waals surface area contributed by atoms with Crippen LogP contribution >= 0.6 is 11.3 Å². The fourth-order valence-electron chi connectivity index (χ4n) is 2.87. The molecule has 3 rings (SSSR count). The van der Waals surface area contributed by atoms with E-state index in [0.717, 1.165) is 9.44 Å². The normalized spacial score (nSPS) is 16.6. The Morgan fingerprint density at radius 3 is 2.92 bits per heavy atom. The number of aromatic nitrogens is 2. The highest BCUT2D eigenvalue weighted by atomic mass is 32.1. The van der Waals surface area contributed by atoms with E-state index >= 15 is 0 Å². The number of carbonyl (C=O) groups excluding carboxylic acids is 1. The van der Waals surface area contributed by atoms with E-state index < -0.39 is 17.1 Å². The van der Waals surface area contributed by atoms with Crippen molar-refractivity contribution in [2.75, 3.05) is 0 Å². The van der Waals surface area contributed by atoms with Gasteiger partial charge in [0.05, 0.1) is 11.8 Å². The fourth-order valence-corrected chi connectivity index (χ4v) is 3.69. The number of amides is 1. The molecule has 0 saturated carbocycles. The Morgan fingerprint density at radius 1 is 1.54 bits per heavy atom. The first-order valence-electron chi connectivity index (χ1n) is 8.08. The first kappa shape index (κ1) is 17.9. The number of H-pyrrole nitrogens is 1. The highest BCUT2D eigenvalue weighted by Gasteiger charge is 2.35. The van der Waals surface area contributed by atoms with Crippen molar-refractivity contribution >= 4 is 23.0 Å². The van der Waals surface area contributed by atoms with Crippen molar-refractivity contribution in [3.63, 3.8) is 0 Å². The lowest BCUT2D eigenvalue weighted by molar-refractivity contribution is -0.132. The van der Waals surface area contributed by atoms with Crippen molar-refractivity contribution in [1.82, 2.24) is 14.6 Å². The minimum absolute atomic E-state index is 0.0354. The molecule has 8 nitrogen and oxygen atoms in total. The standard InChI is InChI=1S/C17H18N4O4S/c1-3-7-20-16(24)14(15(23)18-17(20)25)10-9-11(12-6-5-8-26-12)21(19-10)13(22)4-2/h3,5-6,8,11,24H,1,4,7,9H2,2H3,(H,18,23,25)/t11-/m0/s1. The van der Waals surface area contributed by atoms with Crippen molar-refractivity contribution in [2.45, 2.75) is 32.4 Å². The molecule has 2 N–H and O–H groups in total. The van der Waals surface area contributed by atoms with Gasteiger partial charge in [0, 0.05) is 24.3 Å². The molecule has 0 unspecified atom stereocenters. The van der Waals surface area contributed by atoms with Gasteiger partial charge in [-0.15, -0.1) is 17.9 Å². The van der Waals surface area contributed by atoms with Crippen LogP contribution in [0.25, 0.3) is 0 Å². The minimum Gasteiger partial charge on any atom is -0.494 e. The first-order valence-corrected chi connectivity index (χ1v) is 8.96. The molecule has 2 aromatic heterocycles. The van der Waals surface area contributed by atoms with Crippen molar-refractivity contribution in [2.24, 2.45) is 5.10 Å². The minimum atomic E-state index is -0.734. The number of aromatic amines is 1. The SMILES string of the molecule is C=CCn1c(O)c(C2=NN(C(=O)CC)[C@H](c3cccs3)C2)c(=O)[nH]c1=O. The predicted molar refractivity (Wildman–Crippen MR) is 98.5 cm³/mol. The van der Waals surface area contributed by atoms with E-state index in [1.54, 1.807) is 6.92 Å². The molecule has 0 fully saturated rings. The Kier molecular flexibility index (Phi) is 4.90. The highest BCUT2D eigenvalue weighted by Crippen LogP contribution is 2.35. The molecular weight excluding hydrogens is 356 g/mol. The topological polar surface area (TPSA) is 108 Å². The van der Waals surface area contributed by atoms with Gasteiger partial charge in [-0.3, -0.25) is 19.1 Å². The third-order valence-corrected chi connectivity index (χ3v) is 5.09. The molecule has 0 aromatic carbocycles. The number of thiophene rings is 1. The van der Waals surface area contributed by atoms with Gasteiger partial charge in [0.2, 0.25) is 11.8 Å². The quantitative estimate of drug-likeness (QED) is 0.775. The van der Waals surface area contributed by atoms with Gasteiger partial charge in [0.25, 0.3) is 5.56 Å². The lowest BCUT2D eigenvalue weighted by atomic mass is 10.0. The van der Waals surface area contributed by atoms with Crippen LogP contribution < -0.4 is 11.2 Å². The summed E-state index contributed by atoms with van der Waals surface area (Å²) in [5.74, 6) is -0.665. The third kappa shape index (κ3) is 3.01. The lowest BCUT2D eigenvalue weighted by Gasteiger charge is -2.19. The molecular formula is C17H18N4O4S. The second kappa shape index (κ2) is 7.12. The number of hydrazone groups is 1. The number of rotatable bonds is 5. The second-order valence-electron chi connectivity index (χ2n) is 5.73. The fraction of sp³-hybridized carbons (Fsp3) is 0.294. The molecule has 0 spiro atoms. The Hall–Kier alpha value is -2.94. The first-order chi connectivity index (χ1) is 12.5. The summed E-state index contributed by atoms with van der Waals surface area (Å²) >= 11 is 1.49. The zero-order valence-corrected chi connectivity index (χ0v) is 15.0. The van der Waals surface area contributed by atoms with Crippen LogP contribution in [-0.4, -0.2) is 31.3 Å². The van der Waals surface area contributed by atoms with E-state index in [2.05, 4.69) is 16.7 Å². The summed E-state index contributed by atoms with van der Waals surface area (Å²) in [4.78, 5) is 39.6. The summed E-state index contributed by atoms with van der Waals surface area (Å²) in [5.41, 5.74) is -1.30. The highest BCUT2D eigenvalue weighted by molar-refractivity contribution is 7.10. The van der Waals surface area contributed by atoms with E-state index in [0.29, 0.717) is 0 Å². The van der Waals surface area contributed by atoms with Crippen LogP contribution in [0, 0.1) is 0 Å². The maximum atomic E-state index is 12.3. The van der Waals surface area contributed by atoms with Crippen LogP contribution in [0.1, 0.15) is 36.2 Å². The summed E-state index contributed by atoms with van der Waals surface area (Å²) in [7, 11) is 0. The van der Waals surface area contributed by atoms with E-state index in [1.165, 1.54) is 22.4 Å². The molecule has 136 valence electrons. The molecule has 1 atom stereocenters. The number of aromatic hydroxyl groups is 1. The summed E-state index contributed by atoms with van der Waals surface area (Å²) in [6.07, 6.45) is 1.97. The summed E-state index contributed by atoms with van der Waals surface area (Å²) < 4.78 is 0.997. The summed E-state index contributed by atoms with van der Waals surface area (Å²) in [6, 6.07) is 3.43. The van der Waals surface area contributed by atoms with Crippen molar-refractivity contribution in [3.05, 3.63) is 61.4 Å². The van der Waals surface area contributed by atoms with Crippen molar-refractivity contribution in [3.8, 4) is 5.88 Å². The Bertz CT molecular complexity index is 987. The van der Waals surface area contributed by atoms with Crippen LogP contribution in [0.3, 0.4) is 0 Å². The number of nitrogens with zero attached hydrogens (tertiary/aromatic N) is 3. The number of allylic oxidation sites excluding steroid dienone is 1. The van der Waals surface area contributed by atoms with Gasteiger partial charge in [0.15, 0.2) is 0 Å². The van der Waals surface area contributed by atoms with Crippen LogP contribution in [0.2, 0.25) is 0 Å².